The number of carbonyl (C=O) groups is 1. The van der Waals surface area contributed by atoms with Crippen molar-refractivity contribution >= 4 is 16.9 Å². The number of hydrogen-bond donors (Lipinski definition) is 1. The Hall–Kier alpha value is -2.89. The summed E-state index contributed by atoms with van der Waals surface area (Å²) >= 11 is 0. The summed E-state index contributed by atoms with van der Waals surface area (Å²) in [7, 11) is 0. The topological polar surface area (TPSA) is 73.0 Å². The van der Waals surface area contributed by atoms with E-state index < -0.39 is 0 Å². The molecule has 3 aromatic heterocycles. The van der Waals surface area contributed by atoms with E-state index in [9.17, 15) is 4.79 Å². The summed E-state index contributed by atoms with van der Waals surface area (Å²) in [5.74, 6) is 0.426. The van der Waals surface area contributed by atoms with Crippen LogP contribution in [0.4, 0.5) is 0 Å². The van der Waals surface area contributed by atoms with Crippen LogP contribution in [0.5, 0.6) is 0 Å². The zero-order valence-corrected chi connectivity index (χ0v) is 13.1. The fraction of sp³-hybridized carbons (Fsp3) is 0.235. The predicted molar refractivity (Wildman–Crippen MR) is 88.1 cm³/mol. The van der Waals surface area contributed by atoms with Gasteiger partial charge in [0.25, 0.3) is 5.91 Å². The van der Waals surface area contributed by atoms with Gasteiger partial charge in [0.1, 0.15) is 5.69 Å². The second-order valence-electron chi connectivity index (χ2n) is 5.45. The smallest absolute Gasteiger partial charge is 0.252 e. The largest absolute Gasteiger partial charge is 0.463 e. The number of amides is 1. The molecule has 0 aliphatic heterocycles. The molecule has 1 N–H and O–H groups in total. The molecule has 0 spiro atoms. The average molecular weight is 310 g/mol. The van der Waals surface area contributed by atoms with Gasteiger partial charge in [-0.05, 0) is 32.0 Å². The van der Waals surface area contributed by atoms with Crippen LogP contribution < -0.4 is 5.32 Å². The number of nitrogens with zero attached hydrogens (tertiary/aromatic N) is 3. The van der Waals surface area contributed by atoms with Gasteiger partial charge in [0.05, 0.1) is 23.4 Å². The van der Waals surface area contributed by atoms with Gasteiger partial charge in [0.2, 0.25) is 0 Å². The zero-order chi connectivity index (χ0) is 16.4. The molecule has 3 rings (SSSR count). The highest BCUT2D eigenvalue weighted by Gasteiger charge is 2.18. The molecule has 0 fully saturated rings. The summed E-state index contributed by atoms with van der Waals surface area (Å²) in [5.41, 5.74) is 1.79. The molecule has 3 aromatic rings. The van der Waals surface area contributed by atoms with Crippen molar-refractivity contribution in [2.75, 3.05) is 6.54 Å². The normalized spacial score (nSPS) is 11.1. The van der Waals surface area contributed by atoms with Crippen molar-refractivity contribution in [1.29, 1.82) is 0 Å². The third-order valence-electron chi connectivity index (χ3n) is 3.48. The van der Waals surface area contributed by atoms with E-state index in [0.717, 1.165) is 5.39 Å². The molecule has 3 heterocycles. The van der Waals surface area contributed by atoms with Gasteiger partial charge in [0, 0.05) is 12.6 Å². The van der Waals surface area contributed by atoms with E-state index in [1.807, 2.05) is 19.9 Å². The molecule has 0 aromatic carbocycles. The van der Waals surface area contributed by atoms with Crippen LogP contribution in [0.2, 0.25) is 0 Å². The lowest BCUT2D eigenvalue weighted by atomic mass is 10.1. The second-order valence-corrected chi connectivity index (χ2v) is 5.45. The van der Waals surface area contributed by atoms with Crippen molar-refractivity contribution < 1.29 is 9.21 Å². The van der Waals surface area contributed by atoms with E-state index in [-0.39, 0.29) is 11.9 Å². The Labute approximate surface area is 133 Å². The summed E-state index contributed by atoms with van der Waals surface area (Å²) in [5, 5.41) is 7.88. The number of hydrogen-bond acceptors (Lipinski definition) is 4. The van der Waals surface area contributed by atoms with Gasteiger partial charge >= 0.3 is 0 Å². The molecule has 6 nitrogen and oxygen atoms in total. The van der Waals surface area contributed by atoms with Gasteiger partial charge in [-0.1, -0.05) is 6.08 Å². The van der Waals surface area contributed by atoms with Gasteiger partial charge < -0.3 is 9.73 Å². The van der Waals surface area contributed by atoms with Crippen LogP contribution >= 0.6 is 0 Å². The van der Waals surface area contributed by atoms with Gasteiger partial charge in [-0.2, -0.15) is 5.10 Å². The molecule has 0 unspecified atom stereocenters. The average Bonchev–Trinajstić information content (AvgIpc) is 3.20. The first-order valence-corrected chi connectivity index (χ1v) is 7.43. The maximum atomic E-state index is 12.5. The number of aromatic nitrogens is 3. The summed E-state index contributed by atoms with van der Waals surface area (Å²) < 4.78 is 7.22. The van der Waals surface area contributed by atoms with E-state index in [0.29, 0.717) is 29.2 Å². The summed E-state index contributed by atoms with van der Waals surface area (Å²) in [4.78, 5) is 17.1. The number of rotatable bonds is 5. The molecule has 23 heavy (non-hydrogen) atoms. The number of carbonyl (C=O) groups excluding carboxylic acids is 1. The monoisotopic (exact) mass is 310 g/mol. The highest BCUT2D eigenvalue weighted by Crippen LogP contribution is 2.26. The van der Waals surface area contributed by atoms with Crippen LogP contribution in [-0.2, 0) is 0 Å². The van der Waals surface area contributed by atoms with Crippen molar-refractivity contribution in [3.05, 3.63) is 48.9 Å². The lowest BCUT2D eigenvalue weighted by Crippen LogP contribution is -2.23. The first kappa shape index (κ1) is 15.0. The third-order valence-corrected chi connectivity index (χ3v) is 3.48. The third kappa shape index (κ3) is 2.75. The molecular formula is C17H18N4O2. The van der Waals surface area contributed by atoms with Crippen molar-refractivity contribution in [1.82, 2.24) is 20.1 Å². The Morgan fingerprint density at radius 1 is 1.52 bits per heavy atom. The lowest BCUT2D eigenvalue weighted by molar-refractivity contribution is 0.0959. The molecule has 0 aliphatic rings. The zero-order valence-electron chi connectivity index (χ0n) is 13.1. The SMILES string of the molecule is C=CCNC(=O)c1cc(-c2ccco2)nc2c1cnn2C(C)C. The van der Waals surface area contributed by atoms with E-state index in [1.54, 1.807) is 35.4 Å². The van der Waals surface area contributed by atoms with Crippen molar-refractivity contribution in [2.45, 2.75) is 19.9 Å². The quantitative estimate of drug-likeness (QED) is 0.735. The van der Waals surface area contributed by atoms with Gasteiger partial charge in [0.15, 0.2) is 11.4 Å². The summed E-state index contributed by atoms with van der Waals surface area (Å²) in [6.45, 7) is 8.05. The maximum absolute atomic E-state index is 12.5. The van der Waals surface area contributed by atoms with Crippen LogP contribution in [0, 0.1) is 0 Å². The number of nitrogens with one attached hydrogen (secondary N) is 1. The van der Waals surface area contributed by atoms with Gasteiger partial charge in [-0.15, -0.1) is 6.58 Å². The Morgan fingerprint density at radius 3 is 3.00 bits per heavy atom. The second kappa shape index (κ2) is 6.08. The number of pyridine rings is 1. The molecular weight excluding hydrogens is 292 g/mol. The Kier molecular flexibility index (Phi) is 3.97. The molecule has 0 radical (unpaired) electrons. The molecule has 6 heteroatoms. The summed E-state index contributed by atoms with van der Waals surface area (Å²) in [6, 6.07) is 5.47. The maximum Gasteiger partial charge on any atom is 0.252 e. The molecule has 1 amide bonds. The fourth-order valence-electron chi connectivity index (χ4n) is 2.39. The van der Waals surface area contributed by atoms with Crippen molar-refractivity contribution in [3.8, 4) is 11.5 Å². The molecule has 0 saturated heterocycles. The highest BCUT2D eigenvalue weighted by atomic mass is 16.3. The van der Waals surface area contributed by atoms with E-state index >= 15 is 0 Å². The van der Waals surface area contributed by atoms with Crippen LogP contribution in [0.3, 0.4) is 0 Å². The molecule has 0 atom stereocenters. The molecule has 0 saturated carbocycles. The standard InChI is InChI=1S/C17H18N4O2/c1-4-7-18-17(22)12-9-14(15-6-5-8-23-15)20-16-13(12)10-19-21(16)11(2)3/h4-6,8-11H,1,7H2,2-3H3,(H,18,22). The van der Waals surface area contributed by atoms with Crippen molar-refractivity contribution in [2.24, 2.45) is 0 Å². The number of furan rings is 1. The molecule has 0 bridgehead atoms. The van der Waals surface area contributed by atoms with E-state index in [1.165, 1.54) is 0 Å². The Balaban J connectivity index is 2.20. The van der Waals surface area contributed by atoms with Gasteiger partial charge in [-0.25, -0.2) is 9.67 Å². The van der Waals surface area contributed by atoms with E-state index in [2.05, 4.69) is 22.0 Å². The van der Waals surface area contributed by atoms with Crippen LogP contribution in [0.15, 0.2) is 47.7 Å². The Bertz CT molecular complexity index is 847. The fourth-order valence-corrected chi connectivity index (χ4v) is 2.39. The predicted octanol–water partition coefficient (Wildman–Crippen LogP) is 3.19. The minimum absolute atomic E-state index is 0.135. The van der Waals surface area contributed by atoms with Crippen LogP contribution in [-0.4, -0.2) is 27.2 Å². The number of fused-ring (bicyclic) bond motifs is 1. The first-order valence-electron chi connectivity index (χ1n) is 7.43. The van der Waals surface area contributed by atoms with Crippen LogP contribution in [0.1, 0.15) is 30.2 Å². The first-order chi connectivity index (χ1) is 11.1. The summed E-state index contributed by atoms with van der Waals surface area (Å²) in [6.07, 6.45) is 4.90. The van der Waals surface area contributed by atoms with E-state index in [4.69, 9.17) is 4.42 Å². The van der Waals surface area contributed by atoms with Gasteiger partial charge in [-0.3, -0.25) is 4.79 Å². The molecule has 0 aliphatic carbocycles. The highest BCUT2D eigenvalue weighted by molar-refractivity contribution is 6.06. The lowest BCUT2D eigenvalue weighted by Gasteiger charge is -2.09. The minimum Gasteiger partial charge on any atom is -0.463 e. The minimum atomic E-state index is -0.187. The van der Waals surface area contributed by atoms with Crippen LogP contribution in [0.25, 0.3) is 22.5 Å². The Morgan fingerprint density at radius 2 is 2.35 bits per heavy atom. The van der Waals surface area contributed by atoms with Crippen molar-refractivity contribution in [3.63, 3.8) is 0 Å². The molecule has 118 valence electrons.